The number of nitrogens with one attached hydrogen (secondary N) is 1. The van der Waals surface area contributed by atoms with Gasteiger partial charge < -0.3 is 15.0 Å². The number of alkyl halides is 6. The Kier molecular flexibility index (Phi) is 5.04. The quantitative estimate of drug-likeness (QED) is 0.800. The Morgan fingerprint density at radius 2 is 1.73 bits per heavy atom. The maximum Gasteiger partial charge on any atom is 0.425 e. The highest BCUT2D eigenvalue weighted by atomic mass is 19.4. The van der Waals surface area contributed by atoms with Gasteiger partial charge in [-0.2, -0.15) is 26.3 Å². The number of aryl methyl sites for hydroxylation is 1. The van der Waals surface area contributed by atoms with Crippen molar-refractivity contribution in [2.45, 2.75) is 24.4 Å². The third kappa shape index (κ3) is 3.98. The zero-order chi connectivity index (χ0) is 19.8. The van der Waals surface area contributed by atoms with E-state index in [1.165, 1.54) is 13.2 Å². The van der Waals surface area contributed by atoms with Crippen molar-refractivity contribution in [3.63, 3.8) is 0 Å². The van der Waals surface area contributed by atoms with Crippen LogP contribution in [0.25, 0.3) is 0 Å². The van der Waals surface area contributed by atoms with E-state index in [0.717, 1.165) is 22.9 Å². The SMILES string of the molecule is Cn1ccnc1C(O)(CC(=O)Nc1ccc(C(F)(F)F)cc1)C(F)(F)F. The van der Waals surface area contributed by atoms with Crippen LogP contribution in [0.3, 0.4) is 0 Å². The molecule has 1 atom stereocenters. The summed E-state index contributed by atoms with van der Waals surface area (Å²) in [6, 6.07) is 3.14. The predicted molar refractivity (Wildman–Crippen MR) is 77.9 cm³/mol. The molecule has 1 aromatic heterocycles. The topological polar surface area (TPSA) is 67.1 Å². The second-order valence-corrected chi connectivity index (χ2v) is 5.52. The Morgan fingerprint density at radius 1 is 1.15 bits per heavy atom. The van der Waals surface area contributed by atoms with Gasteiger partial charge in [-0.05, 0) is 24.3 Å². The molecular weight excluding hydrogens is 368 g/mol. The summed E-state index contributed by atoms with van der Waals surface area (Å²) in [6.07, 6.45) is -9.01. The number of carbonyl (C=O) groups is 1. The number of hydrogen-bond acceptors (Lipinski definition) is 3. The zero-order valence-electron chi connectivity index (χ0n) is 13.2. The first-order chi connectivity index (χ1) is 11.8. The highest BCUT2D eigenvalue weighted by Crippen LogP contribution is 2.41. The molecule has 142 valence electrons. The Bertz CT molecular complexity index is 782. The molecule has 0 fully saturated rings. The van der Waals surface area contributed by atoms with Crippen molar-refractivity contribution in [1.82, 2.24) is 9.55 Å². The van der Waals surface area contributed by atoms with E-state index in [2.05, 4.69) is 4.98 Å². The second-order valence-electron chi connectivity index (χ2n) is 5.52. The van der Waals surface area contributed by atoms with E-state index in [9.17, 15) is 36.2 Å². The van der Waals surface area contributed by atoms with Crippen LogP contribution in [0.5, 0.6) is 0 Å². The zero-order valence-corrected chi connectivity index (χ0v) is 13.2. The third-order valence-corrected chi connectivity index (χ3v) is 3.57. The van der Waals surface area contributed by atoms with Gasteiger partial charge in [0.25, 0.3) is 0 Å². The predicted octanol–water partition coefficient (Wildman–Crippen LogP) is 3.22. The lowest BCUT2D eigenvalue weighted by Gasteiger charge is -2.29. The van der Waals surface area contributed by atoms with Gasteiger partial charge in [-0.1, -0.05) is 0 Å². The molecule has 11 heteroatoms. The largest absolute Gasteiger partial charge is 0.425 e. The van der Waals surface area contributed by atoms with Crippen LogP contribution in [-0.2, 0) is 23.6 Å². The molecule has 1 amide bonds. The number of aliphatic hydroxyl groups is 1. The lowest BCUT2D eigenvalue weighted by Crippen LogP contribution is -2.46. The monoisotopic (exact) mass is 381 g/mol. The number of imidazole rings is 1. The summed E-state index contributed by atoms with van der Waals surface area (Å²) in [5, 5.41) is 12.1. The molecule has 2 N–H and O–H groups in total. The van der Waals surface area contributed by atoms with Gasteiger partial charge in [-0.15, -0.1) is 0 Å². The molecule has 1 unspecified atom stereocenters. The molecule has 5 nitrogen and oxygen atoms in total. The molecule has 2 aromatic rings. The average Bonchev–Trinajstić information content (AvgIpc) is 2.92. The summed E-state index contributed by atoms with van der Waals surface area (Å²) in [6.45, 7) is 0. The fraction of sp³-hybridized carbons (Fsp3) is 0.333. The number of carbonyl (C=O) groups excluding carboxylic acids is 1. The molecule has 0 saturated carbocycles. The summed E-state index contributed by atoms with van der Waals surface area (Å²) in [7, 11) is 1.22. The number of hydrogen-bond donors (Lipinski definition) is 2. The van der Waals surface area contributed by atoms with E-state index in [1.54, 1.807) is 0 Å². The molecule has 0 bridgehead atoms. The lowest BCUT2D eigenvalue weighted by atomic mass is 9.97. The van der Waals surface area contributed by atoms with E-state index >= 15 is 0 Å². The molecule has 2 rings (SSSR count). The number of nitrogens with zero attached hydrogens (tertiary/aromatic N) is 2. The van der Waals surface area contributed by atoms with Crippen LogP contribution in [-0.4, -0.2) is 26.7 Å². The molecule has 0 spiro atoms. The maximum atomic E-state index is 13.3. The Hall–Kier alpha value is -2.56. The van der Waals surface area contributed by atoms with Crippen LogP contribution in [0.2, 0.25) is 0 Å². The molecule has 0 saturated heterocycles. The van der Waals surface area contributed by atoms with E-state index in [-0.39, 0.29) is 5.69 Å². The van der Waals surface area contributed by atoms with Gasteiger partial charge >= 0.3 is 12.4 Å². The van der Waals surface area contributed by atoms with Gasteiger partial charge in [0.15, 0.2) is 5.82 Å². The smallest absolute Gasteiger partial charge is 0.374 e. The first-order valence-electron chi connectivity index (χ1n) is 7.08. The van der Waals surface area contributed by atoms with Crippen LogP contribution >= 0.6 is 0 Å². The van der Waals surface area contributed by atoms with Crippen molar-refractivity contribution in [3.05, 3.63) is 48.0 Å². The highest BCUT2D eigenvalue weighted by molar-refractivity contribution is 5.91. The first-order valence-corrected chi connectivity index (χ1v) is 7.08. The normalized spacial score (nSPS) is 14.8. The standard InChI is InChI=1S/C15H13F6N3O2/c1-24-7-6-22-12(24)13(26,15(19,20)21)8-11(25)23-10-4-2-9(3-5-10)14(16,17)18/h2-7,26H,8H2,1H3,(H,23,25). The van der Waals surface area contributed by atoms with Gasteiger partial charge in [-0.3, -0.25) is 4.79 Å². The minimum Gasteiger partial charge on any atom is -0.374 e. The molecular formula is C15H13F6N3O2. The van der Waals surface area contributed by atoms with Crippen LogP contribution in [0.15, 0.2) is 36.7 Å². The molecule has 1 aromatic carbocycles. The number of rotatable bonds is 4. The Morgan fingerprint density at radius 3 is 2.15 bits per heavy atom. The van der Waals surface area contributed by atoms with Crippen molar-refractivity contribution in [2.75, 3.05) is 5.32 Å². The molecule has 0 radical (unpaired) electrons. The minimum atomic E-state index is -5.20. The summed E-state index contributed by atoms with van der Waals surface area (Å²) < 4.78 is 78.3. The molecule has 0 aliphatic heterocycles. The Labute approximate surface area is 143 Å². The van der Waals surface area contributed by atoms with E-state index in [0.29, 0.717) is 12.1 Å². The molecule has 1 heterocycles. The fourth-order valence-electron chi connectivity index (χ4n) is 2.25. The fourth-order valence-corrected chi connectivity index (χ4v) is 2.25. The van der Waals surface area contributed by atoms with Crippen molar-refractivity contribution in [2.24, 2.45) is 7.05 Å². The van der Waals surface area contributed by atoms with Crippen LogP contribution < -0.4 is 5.32 Å². The maximum absolute atomic E-state index is 13.3. The summed E-state index contributed by atoms with van der Waals surface area (Å²) in [5.74, 6) is -2.03. The van der Waals surface area contributed by atoms with Gasteiger partial charge in [0, 0.05) is 25.1 Å². The van der Waals surface area contributed by atoms with E-state index < -0.39 is 41.7 Å². The Balaban J connectivity index is 2.20. The molecule has 26 heavy (non-hydrogen) atoms. The number of aromatic nitrogens is 2. The van der Waals surface area contributed by atoms with Gasteiger partial charge in [0.05, 0.1) is 12.0 Å². The first kappa shape index (κ1) is 19.8. The van der Waals surface area contributed by atoms with E-state index in [1.807, 2.05) is 5.32 Å². The van der Waals surface area contributed by atoms with Gasteiger partial charge in [0.1, 0.15) is 0 Å². The summed E-state index contributed by atoms with van der Waals surface area (Å²) in [4.78, 5) is 15.4. The van der Waals surface area contributed by atoms with Crippen molar-refractivity contribution in [3.8, 4) is 0 Å². The lowest BCUT2D eigenvalue weighted by molar-refractivity contribution is -0.270. The molecule has 0 aliphatic rings. The number of benzene rings is 1. The number of halogens is 6. The van der Waals surface area contributed by atoms with Crippen molar-refractivity contribution < 1.29 is 36.2 Å². The van der Waals surface area contributed by atoms with Crippen LogP contribution in [0.4, 0.5) is 32.0 Å². The highest BCUT2D eigenvalue weighted by Gasteiger charge is 2.58. The van der Waals surface area contributed by atoms with Crippen LogP contribution in [0, 0.1) is 0 Å². The summed E-state index contributed by atoms with van der Waals surface area (Å²) in [5.41, 5.74) is -4.68. The minimum absolute atomic E-state index is 0.146. The molecule has 0 aliphatic carbocycles. The van der Waals surface area contributed by atoms with E-state index in [4.69, 9.17) is 0 Å². The second kappa shape index (κ2) is 6.63. The van der Waals surface area contributed by atoms with Crippen molar-refractivity contribution in [1.29, 1.82) is 0 Å². The van der Waals surface area contributed by atoms with Gasteiger partial charge in [0.2, 0.25) is 11.5 Å². The van der Waals surface area contributed by atoms with Crippen molar-refractivity contribution >= 4 is 11.6 Å². The number of anilines is 1. The third-order valence-electron chi connectivity index (χ3n) is 3.57. The van der Waals surface area contributed by atoms with Crippen LogP contribution in [0.1, 0.15) is 17.8 Å². The summed E-state index contributed by atoms with van der Waals surface area (Å²) >= 11 is 0. The number of amides is 1. The average molecular weight is 381 g/mol. The van der Waals surface area contributed by atoms with Gasteiger partial charge in [-0.25, -0.2) is 4.98 Å².